The second-order valence-corrected chi connectivity index (χ2v) is 5.32. The molecule has 1 aliphatic carbocycles. The summed E-state index contributed by atoms with van der Waals surface area (Å²) in [5.41, 5.74) is 1.26. The molecule has 1 heterocycles. The van der Waals surface area contributed by atoms with Crippen LogP contribution in [0.1, 0.15) is 12.8 Å². The molecule has 1 saturated carbocycles. The highest BCUT2D eigenvalue weighted by molar-refractivity contribution is 9.09. The third kappa shape index (κ3) is 2.27. The molecular formula is C11H15BrN2. The first-order chi connectivity index (χ1) is 6.75. The molecule has 0 aromatic carbocycles. The summed E-state index contributed by atoms with van der Waals surface area (Å²) in [4.78, 5) is 7.09. The number of halogens is 1. The van der Waals surface area contributed by atoms with Crippen LogP contribution in [0.5, 0.6) is 0 Å². The lowest BCUT2D eigenvalue weighted by molar-refractivity contribution is 0.339. The Morgan fingerprint density at radius 1 is 1.43 bits per heavy atom. The van der Waals surface area contributed by atoms with Gasteiger partial charge in [0.2, 0.25) is 0 Å². The largest absolute Gasteiger partial charge is 0.374 e. The molecule has 2 nitrogen and oxygen atoms in total. The van der Waals surface area contributed by atoms with Crippen molar-refractivity contribution < 1.29 is 0 Å². The van der Waals surface area contributed by atoms with Crippen LogP contribution in [0.2, 0.25) is 0 Å². The van der Waals surface area contributed by atoms with Crippen LogP contribution in [-0.4, -0.2) is 23.4 Å². The van der Waals surface area contributed by atoms with Gasteiger partial charge in [0.1, 0.15) is 0 Å². The van der Waals surface area contributed by atoms with Gasteiger partial charge in [0.25, 0.3) is 0 Å². The van der Waals surface area contributed by atoms with E-state index in [0.29, 0.717) is 0 Å². The second kappa shape index (κ2) is 4.30. The van der Waals surface area contributed by atoms with Gasteiger partial charge in [0.05, 0.1) is 0 Å². The van der Waals surface area contributed by atoms with Crippen molar-refractivity contribution in [1.29, 1.82) is 0 Å². The quantitative estimate of drug-likeness (QED) is 0.772. The van der Waals surface area contributed by atoms with E-state index >= 15 is 0 Å². The zero-order valence-electron chi connectivity index (χ0n) is 8.36. The highest BCUT2D eigenvalue weighted by atomic mass is 79.9. The number of hydrogen-bond donors (Lipinski definition) is 0. The molecule has 2 rings (SSSR count). The van der Waals surface area contributed by atoms with Crippen LogP contribution in [0.15, 0.2) is 24.5 Å². The van der Waals surface area contributed by atoms with Gasteiger partial charge < -0.3 is 4.90 Å². The molecule has 0 amide bonds. The number of anilines is 1. The van der Waals surface area contributed by atoms with E-state index in [-0.39, 0.29) is 0 Å². The van der Waals surface area contributed by atoms with Gasteiger partial charge in [-0.2, -0.15) is 0 Å². The fraction of sp³-hybridized carbons (Fsp3) is 0.545. The molecule has 0 N–H and O–H groups in total. The van der Waals surface area contributed by atoms with E-state index in [2.05, 4.69) is 45.0 Å². The molecule has 0 atom stereocenters. The smallest absolute Gasteiger partial charge is 0.0394 e. The minimum Gasteiger partial charge on any atom is -0.374 e. The molecule has 0 bridgehead atoms. The number of pyridine rings is 1. The number of rotatable bonds is 3. The van der Waals surface area contributed by atoms with Gasteiger partial charge in [-0.1, -0.05) is 15.9 Å². The molecule has 1 aromatic heterocycles. The summed E-state index contributed by atoms with van der Waals surface area (Å²) in [5, 5.41) is 0. The molecule has 0 aliphatic heterocycles. The minimum atomic E-state index is 0.762. The van der Waals surface area contributed by atoms with Crippen molar-refractivity contribution in [1.82, 2.24) is 4.98 Å². The maximum absolute atomic E-state index is 4.02. The van der Waals surface area contributed by atoms with Gasteiger partial charge in [0.15, 0.2) is 0 Å². The van der Waals surface area contributed by atoms with Gasteiger partial charge in [0, 0.05) is 36.5 Å². The van der Waals surface area contributed by atoms with Gasteiger partial charge in [-0.25, -0.2) is 0 Å². The fourth-order valence-electron chi connectivity index (χ4n) is 1.89. The third-order valence-corrected chi connectivity index (χ3v) is 3.56. The highest BCUT2D eigenvalue weighted by Crippen LogP contribution is 2.34. The van der Waals surface area contributed by atoms with E-state index in [4.69, 9.17) is 0 Å². The van der Waals surface area contributed by atoms with E-state index in [1.165, 1.54) is 18.5 Å². The summed E-state index contributed by atoms with van der Waals surface area (Å²) >= 11 is 3.62. The zero-order valence-corrected chi connectivity index (χ0v) is 9.94. The van der Waals surface area contributed by atoms with Gasteiger partial charge in [-0.05, 0) is 30.9 Å². The second-order valence-electron chi connectivity index (χ2n) is 4.02. The average Bonchev–Trinajstić information content (AvgIpc) is 2.17. The lowest BCUT2D eigenvalue weighted by atomic mass is 9.85. The average molecular weight is 255 g/mol. The molecule has 0 unspecified atom stereocenters. The monoisotopic (exact) mass is 254 g/mol. The Morgan fingerprint density at radius 3 is 2.64 bits per heavy atom. The Labute approximate surface area is 93.5 Å². The predicted octanol–water partition coefficient (Wildman–Crippen LogP) is 2.69. The van der Waals surface area contributed by atoms with Crippen LogP contribution in [0.4, 0.5) is 5.69 Å². The van der Waals surface area contributed by atoms with Crippen LogP contribution in [0, 0.1) is 5.92 Å². The highest BCUT2D eigenvalue weighted by Gasteiger charge is 2.27. The predicted molar refractivity (Wildman–Crippen MR) is 62.9 cm³/mol. The van der Waals surface area contributed by atoms with Crippen molar-refractivity contribution in [2.75, 3.05) is 18.5 Å². The number of nitrogens with zero attached hydrogens (tertiary/aromatic N) is 2. The molecule has 0 spiro atoms. The van der Waals surface area contributed by atoms with E-state index in [1.54, 1.807) is 0 Å². The number of aromatic nitrogens is 1. The van der Waals surface area contributed by atoms with Crippen molar-refractivity contribution in [3.63, 3.8) is 0 Å². The van der Waals surface area contributed by atoms with Crippen molar-refractivity contribution >= 4 is 21.6 Å². The Kier molecular flexibility index (Phi) is 3.06. The molecule has 1 fully saturated rings. The summed E-state index contributed by atoms with van der Waals surface area (Å²) in [6.45, 7) is 1.16. The van der Waals surface area contributed by atoms with Gasteiger partial charge in [-0.3, -0.25) is 4.98 Å². The SMILES string of the molecule is CN(CC1CC(Br)C1)c1ccncc1. The standard InChI is InChI=1S/C11H15BrN2/c1-14(8-9-6-10(12)7-9)11-2-4-13-5-3-11/h2-5,9-10H,6-8H2,1H3. The summed E-state index contributed by atoms with van der Waals surface area (Å²) in [6, 6.07) is 4.12. The van der Waals surface area contributed by atoms with Crippen LogP contribution in [-0.2, 0) is 0 Å². The van der Waals surface area contributed by atoms with E-state index in [1.807, 2.05) is 12.4 Å². The molecule has 14 heavy (non-hydrogen) atoms. The van der Waals surface area contributed by atoms with Crippen LogP contribution in [0.25, 0.3) is 0 Å². The molecular weight excluding hydrogens is 240 g/mol. The van der Waals surface area contributed by atoms with Crippen molar-refractivity contribution in [2.45, 2.75) is 17.7 Å². The summed E-state index contributed by atoms with van der Waals surface area (Å²) in [7, 11) is 2.15. The first kappa shape index (κ1) is 9.97. The van der Waals surface area contributed by atoms with E-state index in [0.717, 1.165) is 17.3 Å². The van der Waals surface area contributed by atoms with E-state index in [9.17, 15) is 0 Å². The third-order valence-electron chi connectivity index (χ3n) is 2.81. The Hall–Kier alpha value is -0.570. The summed E-state index contributed by atoms with van der Waals surface area (Å²) in [6.07, 6.45) is 6.32. The topological polar surface area (TPSA) is 16.1 Å². The van der Waals surface area contributed by atoms with Gasteiger partial charge >= 0.3 is 0 Å². The Bertz CT molecular complexity index is 283. The fourth-order valence-corrected chi connectivity index (χ4v) is 2.95. The molecule has 0 saturated heterocycles. The van der Waals surface area contributed by atoms with E-state index < -0.39 is 0 Å². The maximum atomic E-state index is 4.02. The molecule has 0 radical (unpaired) electrons. The lowest BCUT2D eigenvalue weighted by Gasteiger charge is -2.35. The molecule has 1 aromatic rings. The summed E-state index contributed by atoms with van der Waals surface area (Å²) < 4.78 is 0. The Balaban J connectivity index is 1.87. The first-order valence-corrected chi connectivity index (χ1v) is 5.92. The van der Waals surface area contributed by atoms with Crippen LogP contribution in [0.3, 0.4) is 0 Å². The first-order valence-electron chi connectivity index (χ1n) is 5.01. The van der Waals surface area contributed by atoms with Crippen molar-refractivity contribution in [3.05, 3.63) is 24.5 Å². The lowest BCUT2D eigenvalue weighted by Crippen LogP contribution is -2.34. The van der Waals surface area contributed by atoms with Crippen LogP contribution < -0.4 is 4.90 Å². The van der Waals surface area contributed by atoms with Crippen molar-refractivity contribution in [3.8, 4) is 0 Å². The van der Waals surface area contributed by atoms with Crippen LogP contribution >= 0.6 is 15.9 Å². The van der Waals surface area contributed by atoms with Gasteiger partial charge in [-0.15, -0.1) is 0 Å². The number of hydrogen-bond acceptors (Lipinski definition) is 2. The molecule has 1 aliphatic rings. The summed E-state index contributed by atoms with van der Waals surface area (Å²) in [5.74, 6) is 0.859. The minimum absolute atomic E-state index is 0.762. The molecule has 3 heteroatoms. The maximum Gasteiger partial charge on any atom is 0.0394 e. The normalized spacial score (nSPS) is 25.6. The molecule has 76 valence electrons. The zero-order chi connectivity index (χ0) is 9.97. The van der Waals surface area contributed by atoms with Crippen molar-refractivity contribution in [2.24, 2.45) is 5.92 Å². The Morgan fingerprint density at radius 2 is 2.07 bits per heavy atom. The number of alkyl halides is 1.